The van der Waals surface area contributed by atoms with Crippen LogP contribution in [0.5, 0.6) is 0 Å². The maximum Gasteiger partial charge on any atom is 0.357 e. The molecule has 39 heavy (non-hydrogen) atoms. The fraction of sp³-hybridized carbons (Fsp3) is 0.500. The molecule has 14 nitrogen and oxygen atoms in total. The van der Waals surface area contributed by atoms with Gasteiger partial charge >= 0.3 is 13.3 Å². The van der Waals surface area contributed by atoms with Crippen LogP contribution in [0.2, 0.25) is 0 Å². The molecule has 1 aromatic heterocycles. The number of aliphatic hydroxyl groups excluding tert-OH is 2. The number of amides is 2. The van der Waals surface area contributed by atoms with E-state index in [0.717, 1.165) is 16.8 Å². The second kappa shape index (κ2) is 13.8. The molecule has 0 aliphatic carbocycles. The molecule has 0 spiro atoms. The summed E-state index contributed by atoms with van der Waals surface area (Å²) >= 11 is 0. The van der Waals surface area contributed by atoms with Gasteiger partial charge in [0.2, 0.25) is 5.91 Å². The minimum Gasteiger partial charge on any atom is -0.387 e. The van der Waals surface area contributed by atoms with Gasteiger partial charge < -0.3 is 34.6 Å². The highest BCUT2D eigenvalue weighted by Crippen LogP contribution is 2.59. The first kappa shape index (κ1) is 30.4. The Kier molecular flexibility index (Phi) is 10.7. The third kappa shape index (κ3) is 7.50. The molecule has 5 atom stereocenters. The van der Waals surface area contributed by atoms with Crippen LogP contribution in [0.3, 0.4) is 0 Å². The molecule has 2 aromatic rings. The Bertz CT molecular complexity index is 1270. The molecule has 0 bridgehead atoms. The fourth-order valence-electron chi connectivity index (χ4n) is 4.05. The highest BCUT2D eigenvalue weighted by molar-refractivity contribution is 7.54. The molecule has 0 saturated carbocycles. The number of benzene rings is 1. The van der Waals surface area contributed by atoms with Crippen molar-refractivity contribution in [3.8, 4) is 0 Å². The predicted molar refractivity (Wildman–Crippen MR) is 138 cm³/mol. The SMILES string of the molecule is CCOP(=O)(OCC)C(NC(=O)CCCNC(=O)[C@H]1O[C@@H](n2ccc(=O)[nH]c2=O)[C@H](O)[C@@H]1O)c1ccccc1. The molecule has 2 heterocycles. The monoisotopic (exact) mass is 568 g/mol. The second-order valence-electron chi connectivity index (χ2n) is 8.60. The number of aliphatic hydroxyl groups is 2. The first-order valence-corrected chi connectivity index (χ1v) is 14.1. The van der Waals surface area contributed by atoms with E-state index in [-0.39, 0.29) is 32.6 Å². The van der Waals surface area contributed by atoms with Crippen molar-refractivity contribution < 1.29 is 38.2 Å². The number of rotatable bonds is 13. The van der Waals surface area contributed by atoms with E-state index in [1.807, 2.05) is 4.98 Å². The van der Waals surface area contributed by atoms with Crippen LogP contribution in [0, 0.1) is 0 Å². The highest BCUT2D eigenvalue weighted by Gasteiger charge is 2.47. The zero-order chi connectivity index (χ0) is 28.6. The average molecular weight is 569 g/mol. The van der Waals surface area contributed by atoms with Crippen LogP contribution in [-0.4, -0.2) is 69.6 Å². The van der Waals surface area contributed by atoms with Crippen molar-refractivity contribution >= 4 is 19.4 Å². The summed E-state index contributed by atoms with van der Waals surface area (Å²) in [7, 11) is -3.74. The summed E-state index contributed by atoms with van der Waals surface area (Å²) < 4.78 is 30.6. The summed E-state index contributed by atoms with van der Waals surface area (Å²) in [4.78, 5) is 50.6. The van der Waals surface area contributed by atoms with E-state index in [2.05, 4.69) is 10.6 Å². The summed E-state index contributed by atoms with van der Waals surface area (Å²) in [6.45, 7) is 3.59. The standard InChI is InChI=1S/C24H33N4O10P/c1-3-36-39(35,37-4-2)22(15-9-6-5-7-10-15)26-16(29)11-8-13-25-21(33)20-18(31)19(32)23(38-20)28-14-12-17(30)27-24(28)34/h5-7,9-10,12,14,18-20,22-23,31-32H,3-4,8,11,13H2,1-2H3,(H,25,33)(H,26,29)(H,27,30,34)/t18-,19+,20-,22?,23+/m0/s1. The number of carbonyl (C=O) groups excluding carboxylic acids is 2. The van der Waals surface area contributed by atoms with Gasteiger partial charge in [-0.05, 0) is 25.8 Å². The second-order valence-corrected chi connectivity index (χ2v) is 10.7. The molecule has 3 rings (SSSR count). The fourth-order valence-corrected chi connectivity index (χ4v) is 5.98. The Balaban J connectivity index is 1.56. The Morgan fingerprint density at radius 2 is 1.77 bits per heavy atom. The molecule has 2 amide bonds. The largest absolute Gasteiger partial charge is 0.387 e. The van der Waals surface area contributed by atoms with E-state index in [0.29, 0.717) is 5.56 Å². The maximum atomic E-state index is 13.4. The minimum absolute atomic E-state index is 0.0167. The van der Waals surface area contributed by atoms with Crippen molar-refractivity contribution in [3.63, 3.8) is 0 Å². The lowest BCUT2D eigenvalue weighted by Crippen LogP contribution is -2.43. The summed E-state index contributed by atoms with van der Waals surface area (Å²) in [5, 5.41) is 25.8. The third-order valence-corrected chi connectivity index (χ3v) is 8.15. The number of nitrogens with zero attached hydrogens (tertiary/aromatic N) is 1. The van der Waals surface area contributed by atoms with Gasteiger partial charge in [0.1, 0.15) is 12.2 Å². The van der Waals surface area contributed by atoms with Gasteiger partial charge in [-0.3, -0.25) is 28.5 Å². The Morgan fingerprint density at radius 1 is 1.10 bits per heavy atom. The van der Waals surface area contributed by atoms with Gasteiger partial charge in [0.25, 0.3) is 11.5 Å². The Labute approximate surface area is 223 Å². The molecule has 15 heteroatoms. The highest BCUT2D eigenvalue weighted by atomic mass is 31.2. The molecule has 1 aliphatic heterocycles. The molecular formula is C24H33N4O10P. The smallest absolute Gasteiger partial charge is 0.357 e. The molecule has 1 aliphatic rings. The molecule has 1 saturated heterocycles. The van der Waals surface area contributed by atoms with Gasteiger partial charge in [-0.1, -0.05) is 30.3 Å². The number of carbonyl (C=O) groups is 2. The topological polar surface area (TPSA) is 198 Å². The number of nitrogens with one attached hydrogen (secondary N) is 3. The molecule has 214 valence electrons. The van der Waals surface area contributed by atoms with Crippen molar-refractivity contribution in [2.45, 2.75) is 57.0 Å². The first-order chi connectivity index (χ1) is 18.6. The van der Waals surface area contributed by atoms with Crippen LogP contribution in [0.4, 0.5) is 0 Å². The quantitative estimate of drug-likeness (QED) is 0.164. The molecule has 1 fully saturated rings. The third-order valence-electron chi connectivity index (χ3n) is 5.85. The molecule has 5 N–H and O–H groups in total. The molecule has 1 aromatic carbocycles. The van der Waals surface area contributed by atoms with Gasteiger partial charge in [-0.2, -0.15) is 0 Å². The normalized spacial score (nSPS) is 21.8. The molecule has 1 unspecified atom stereocenters. The van der Waals surface area contributed by atoms with E-state index in [4.69, 9.17) is 13.8 Å². The van der Waals surface area contributed by atoms with Gasteiger partial charge in [0, 0.05) is 25.2 Å². The summed E-state index contributed by atoms with van der Waals surface area (Å²) in [5.74, 6) is -2.25. The number of aromatic nitrogens is 2. The number of H-pyrrole nitrogens is 1. The van der Waals surface area contributed by atoms with E-state index in [9.17, 15) is 34.0 Å². The summed E-state index contributed by atoms with van der Waals surface area (Å²) in [6.07, 6.45) is -4.93. The van der Waals surface area contributed by atoms with Gasteiger partial charge in [0.05, 0.1) is 13.2 Å². The van der Waals surface area contributed by atoms with Crippen molar-refractivity contribution in [1.82, 2.24) is 20.2 Å². The number of hydrogen-bond acceptors (Lipinski definition) is 10. The van der Waals surface area contributed by atoms with Crippen LogP contribution >= 0.6 is 7.60 Å². The Morgan fingerprint density at radius 3 is 2.38 bits per heavy atom. The summed E-state index contributed by atoms with van der Waals surface area (Å²) in [5.41, 5.74) is -0.986. The lowest BCUT2D eigenvalue weighted by Gasteiger charge is -2.27. The number of aromatic amines is 1. The first-order valence-electron chi connectivity index (χ1n) is 12.4. The molecular weight excluding hydrogens is 535 g/mol. The Hall–Kier alpha value is -3.13. The zero-order valence-corrected chi connectivity index (χ0v) is 22.4. The predicted octanol–water partition coefficient (Wildman–Crippen LogP) is 0.133. The lowest BCUT2D eigenvalue weighted by atomic mass is 10.1. The van der Waals surface area contributed by atoms with Crippen molar-refractivity contribution in [2.24, 2.45) is 0 Å². The minimum atomic E-state index is -3.74. The van der Waals surface area contributed by atoms with Gasteiger partial charge in [-0.15, -0.1) is 0 Å². The van der Waals surface area contributed by atoms with Crippen LogP contribution < -0.4 is 21.9 Å². The zero-order valence-electron chi connectivity index (χ0n) is 21.5. The van der Waals surface area contributed by atoms with Crippen LogP contribution in [0.15, 0.2) is 52.2 Å². The van der Waals surface area contributed by atoms with E-state index >= 15 is 0 Å². The van der Waals surface area contributed by atoms with E-state index < -0.39 is 61.0 Å². The van der Waals surface area contributed by atoms with E-state index in [1.54, 1.807) is 44.2 Å². The number of hydrogen-bond donors (Lipinski definition) is 5. The van der Waals surface area contributed by atoms with Crippen LogP contribution in [-0.2, 0) is 27.9 Å². The van der Waals surface area contributed by atoms with Crippen LogP contribution in [0.1, 0.15) is 44.3 Å². The average Bonchev–Trinajstić information content (AvgIpc) is 3.20. The van der Waals surface area contributed by atoms with Crippen molar-refractivity contribution in [3.05, 3.63) is 69.0 Å². The lowest BCUT2D eigenvalue weighted by molar-refractivity contribution is -0.138. The van der Waals surface area contributed by atoms with Crippen molar-refractivity contribution in [2.75, 3.05) is 19.8 Å². The van der Waals surface area contributed by atoms with Crippen molar-refractivity contribution in [1.29, 1.82) is 0 Å². The molecule has 0 radical (unpaired) electrons. The van der Waals surface area contributed by atoms with Crippen LogP contribution in [0.25, 0.3) is 0 Å². The summed E-state index contributed by atoms with van der Waals surface area (Å²) in [6, 6.07) is 9.69. The number of ether oxygens (including phenoxy) is 1. The van der Waals surface area contributed by atoms with Gasteiger partial charge in [0.15, 0.2) is 18.1 Å². The maximum absolute atomic E-state index is 13.4. The van der Waals surface area contributed by atoms with E-state index in [1.165, 1.54) is 0 Å². The van der Waals surface area contributed by atoms with Gasteiger partial charge in [-0.25, -0.2) is 4.79 Å².